The highest BCUT2D eigenvalue weighted by Crippen LogP contribution is 2.18. The Morgan fingerprint density at radius 1 is 1.19 bits per heavy atom. The predicted octanol–water partition coefficient (Wildman–Crippen LogP) is 3.17. The van der Waals surface area contributed by atoms with Gasteiger partial charge in [0.2, 0.25) is 5.96 Å². The molecule has 0 atom stereocenters. The van der Waals surface area contributed by atoms with Crippen molar-refractivity contribution in [1.29, 1.82) is 0 Å². The van der Waals surface area contributed by atoms with Crippen LogP contribution < -0.4 is 10.6 Å². The molecule has 0 bridgehead atoms. The molecule has 2 amide bonds. The van der Waals surface area contributed by atoms with Gasteiger partial charge >= 0.3 is 6.03 Å². The summed E-state index contributed by atoms with van der Waals surface area (Å²) >= 11 is 0. The van der Waals surface area contributed by atoms with E-state index in [1.54, 1.807) is 7.05 Å². The smallest absolute Gasteiger partial charge is 0.326 e. The third-order valence-corrected chi connectivity index (χ3v) is 3.22. The normalized spacial score (nSPS) is 10.6. The fourth-order valence-corrected chi connectivity index (χ4v) is 2.06. The fraction of sp³-hybridized carbons (Fsp3) is 0.467. The van der Waals surface area contributed by atoms with Gasteiger partial charge < -0.3 is 10.2 Å². The molecule has 5 nitrogen and oxygen atoms in total. The molecule has 0 radical (unpaired) electrons. The minimum Gasteiger partial charge on any atom is -0.343 e. The maximum absolute atomic E-state index is 12.1. The highest BCUT2D eigenvalue weighted by molar-refractivity contribution is 6.03. The molecule has 0 saturated carbocycles. The fourth-order valence-electron chi connectivity index (χ4n) is 2.06. The first kappa shape index (κ1) is 19.2. The van der Waals surface area contributed by atoms with E-state index in [0.717, 1.165) is 29.9 Å². The first-order chi connectivity index (χ1) is 9.53. The number of hydrogen-bond donors (Lipinski definition) is 2. The topological polar surface area (TPSA) is 56.7 Å². The Labute approximate surface area is 133 Å². The van der Waals surface area contributed by atoms with Crippen LogP contribution in [0.1, 0.15) is 25.0 Å². The number of para-hydroxylation sites is 1. The largest absolute Gasteiger partial charge is 0.343 e. The Balaban J connectivity index is 0.00000400. The molecule has 0 heterocycles. The average Bonchev–Trinajstić information content (AvgIpc) is 2.43. The monoisotopic (exact) mass is 312 g/mol. The molecular weight excluding hydrogens is 288 g/mol. The molecule has 0 aliphatic carbocycles. The molecule has 1 rings (SSSR count). The van der Waals surface area contributed by atoms with Crippen molar-refractivity contribution in [2.75, 3.05) is 25.5 Å². The van der Waals surface area contributed by atoms with E-state index in [1.807, 2.05) is 50.8 Å². The Bertz CT molecular complexity index is 478. The van der Waals surface area contributed by atoms with Crippen molar-refractivity contribution in [3.05, 3.63) is 29.3 Å². The molecule has 0 aromatic heterocycles. The molecule has 0 fully saturated rings. The van der Waals surface area contributed by atoms with E-state index in [-0.39, 0.29) is 18.4 Å². The molecule has 1 aromatic carbocycles. The number of carbonyl (C=O) groups excluding carboxylic acids is 1. The molecule has 21 heavy (non-hydrogen) atoms. The number of urea groups is 1. The zero-order valence-electron chi connectivity index (χ0n) is 13.4. The van der Waals surface area contributed by atoms with Crippen LogP contribution in [0.25, 0.3) is 0 Å². The van der Waals surface area contributed by atoms with E-state index in [0.29, 0.717) is 5.96 Å². The summed E-state index contributed by atoms with van der Waals surface area (Å²) in [5, 5.41) is 5.69. The first-order valence-electron chi connectivity index (χ1n) is 6.89. The number of hydrogen-bond acceptors (Lipinski definition) is 2. The van der Waals surface area contributed by atoms with Crippen LogP contribution in [-0.4, -0.2) is 37.0 Å². The molecule has 118 valence electrons. The lowest BCUT2D eigenvalue weighted by atomic mass is 10.1. The van der Waals surface area contributed by atoms with Gasteiger partial charge in [0.05, 0.1) is 0 Å². The van der Waals surface area contributed by atoms with E-state index < -0.39 is 0 Å². The van der Waals surface area contributed by atoms with Crippen molar-refractivity contribution in [3.8, 4) is 0 Å². The summed E-state index contributed by atoms with van der Waals surface area (Å²) < 4.78 is 0. The van der Waals surface area contributed by atoms with Crippen LogP contribution in [0.2, 0.25) is 0 Å². The first-order valence-corrected chi connectivity index (χ1v) is 6.89. The van der Waals surface area contributed by atoms with Crippen LogP contribution in [0.4, 0.5) is 10.5 Å². The Hall–Kier alpha value is -1.75. The number of benzene rings is 1. The molecule has 2 N–H and O–H groups in total. The van der Waals surface area contributed by atoms with Crippen LogP contribution in [0.15, 0.2) is 23.2 Å². The quantitative estimate of drug-likeness (QED) is 0.665. The second-order valence-electron chi connectivity index (χ2n) is 4.57. The van der Waals surface area contributed by atoms with E-state index in [1.165, 1.54) is 0 Å². The second-order valence-corrected chi connectivity index (χ2v) is 4.57. The van der Waals surface area contributed by atoms with Crippen molar-refractivity contribution >= 4 is 30.1 Å². The Morgan fingerprint density at radius 2 is 1.71 bits per heavy atom. The molecule has 0 aliphatic heterocycles. The summed E-state index contributed by atoms with van der Waals surface area (Å²) in [4.78, 5) is 18.2. The SMILES string of the molecule is CCN(CC)C(=NC)NC(=O)Nc1c(C)cccc1C.Cl. The summed E-state index contributed by atoms with van der Waals surface area (Å²) in [5.74, 6) is 0.582. The highest BCUT2D eigenvalue weighted by Gasteiger charge is 2.12. The van der Waals surface area contributed by atoms with Gasteiger partial charge in [-0.3, -0.25) is 10.3 Å². The number of aliphatic imine (C=N–C) groups is 1. The van der Waals surface area contributed by atoms with Gasteiger partial charge in [-0.05, 0) is 38.8 Å². The van der Waals surface area contributed by atoms with Crippen molar-refractivity contribution in [1.82, 2.24) is 10.2 Å². The van der Waals surface area contributed by atoms with Gasteiger partial charge in [-0.2, -0.15) is 0 Å². The van der Waals surface area contributed by atoms with E-state index in [4.69, 9.17) is 0 Å². The molecule has 0 aliphatic rings. The summed E-state index contributed by atoms with van der Waals surface area (Å²) in [6, 6.07) is 5.65. The summed E-state index contributed by atoms with van der Waals surface area (Å²) in [7, 11) is 1.67. The number of aryl methyl sites for hydroxylation is 2. The van der Waals surface area contributed by atoms with Crippen LogP contribution >= 0.6 is 12.4 Å². The van der Waals surface area contributed by atoms with Gasteiger partial charge in [0.15, 0.2) is 0 Å². The summed E-state index contributed by atoms with van der Waals surface area (Å²) in [6.45, 7) is 9.60. The molecule has 1 aromatic rings. The van der Waals surface area contributed by atoms with Crippen LogP contribution in [0.5, 0.6) is 0 Å². The van der Waals surface area contributed by atoms with Gasteiger partial charge in [-0.15, -0.1) is 12.4 Å². The summed E-state index contributed by atoms with van der Waals surface area (Å²) in [5.41, 5.74) is 2.93. The van der Waals surface area contributed by atoms with Crippen molar-refractivity contribution in [3.63, 3.8) is 0 Å². The minimum atomic E-state index is -0.269. The highest BCUT2D eigenvalue weighted by atomic mass is 35.5. The van der Waals surface area contributed by atoms with Gasteiger partial charge in [0.25, 0.3) is 0 Å². The Kier molecular flexibility index (Phi) is 8.47. The lowest BCUT2D eigenvalue weighted by molar-refractivity contribution is 0.254. The molecule has 0 saturated heterocycles. The van der Waals surface area contributed by atoms with Crippen LogP contribution in [0.3, 0.4) is 0 Å². The number of amides is 2. The summed E-state index contributed by atoms with van der Waals surface area (Å²) in [6.07, 6.45) is 0. The minimum absolute atomic E-state index is 0. The number of carbonyl (C=O) groups is 1. The van der Waals surface area contributed by atoms with Gasteiger partial charge in [-0.25, -0.2) is 4.79 Å². The molecule has 0 unspecified atom stereocenters. The third kappa shape index (κ3) is 5.27. The van der Waals surface area contributed by atoms with Crippen molar-refractivity contribution in [2.24, 2.45) is 4.99 Å². The third-order valence-electron chi connectivity index (χ3n) is 3.22. The Morgan fingerprint density at radius 3 is 2.14 bits per heavy atom. The number of nitrogens with zero attached hydrogens (tertiary/aromatic N) is 2. The number of nitrogens with one attached hydrogen (secondary N) is 2. The van der Waals surface area contributed by atoms with Gasteiger partial charge in [0.1, 0.15) is 0 Å². The molecule has 0 spiro atoms. The number of guanidine groups is 1. The maximum atomic E-state index is 12.1. The molecule has 6 heteroatoms. The second kappa shape index (κ2) is 9.23. The lowest BCUT2D eigenvalue weighted by Gasteiger charge is -2.23. The number of rotatable bonds is 3. The number of anilines is 1. The van der Waals surface area contributed by atoms with Gasteiger partial charge in [-0.1, -0.05) is 18.2 Å². The maximum Gasteiger partial charge on any atom is 0.326 e. The average molecular weight is 313 g/mol. The van der Waals surface area contributed by atoms with E-state index in [2.05, 4.69) is 15.6 Å². The predicted molar refractivity (Wildman–Crippen MR) is 91.6 cm³/mol. The van der Waals surface area contributed by atoms with Crippen LogP contribution in [-0.2, 0) is 0 Å². The standard InChI is InChI=1S/C15H24N4O.ClH/c1-6-19(7-2)14(16-5)18-15(20)17-13-11(3)9-8-10-12(13)4;/h8-10H,6-7H2,1-5H3,(H2,16,17,18,20);1H. The zero-order chi connectivity index (χ0) is 15.1. The van der Waals surface area contributed by atoms with Gasteiger partial charge in [0, 0.05) is 25.8 Å². The zero-order valence-corrected chi connectivity index (χ0v) is 14.2. The molecular formula is C15H25ClN4O. The van der Waals surface area contributed by atoms with E-state index in [9.17, 15) is 4.79 Å². The van der Waals surface area contributed by atoms with E-state index >= 15 is 0 Å². The van der Waals surface area contributed by atoms with Crippen molar-refractivity contribution < 1.29 is 4.79 Å². The van der Waals surface area contributed by atoms with Crippen LogP contribution in [0, 0.1) is 13.8 Å². The number of halogens is 1. The lowest BCUT2D eigenvalue weighted by Crippen LogP contribution is -2.45. The van der Waals surface area contributed by atoms with Crippen molar-refractivity contribution in [2.45, 2.75) is 27.7 Å².